The molecule has 0 heterocycles. The van der Waals surface area contributed by atoms with E-state index < -0.39 is 15.9 Å². The Morgan fingerprint density at radius 2 is 1.80 bits per heavy atom. The maximum atomic E-state index is 12.7. The molecule has 0 saturated carbocycles. The molecule has 0 radical (unpaired) electrons. The van der Waals surface area contributed by atoms with Crippen molar-refractivity contribution in [2.24, 2.45) is 0 Å². The highest BCUT2D eigenvalue weighted by molar-refractivity contribution is 7.92. The van der Waals surface area contributed by atoms with Crippen molar-refractivity contribution in [1.29, 1.82) is 0 Å². The number of anilines is 1. The molecule has 25 heavy (non-hydrogen) atoms. The second kappa shape index (κ2) is 8.00. The van der Waals surface area contributed by atoms with Crippen molar-refractivity contribution in [1.82, 2.24) is 5.48 Å². The van der Waals surface area contributed by atoms with Crippen LogP contribution in [-0.4, -0.2) is 28.0 Å². The van der Waals surface area contributed by atoms with Gasteiger partial charge in [0.25, 0.3) is 15.9 Å². The van der Waals surface area contributed by atoms with E-state index in [1.54, 1.807) is 31.2 Å². The summed E-state index contributed by atoms with van der Waals surface area (Å²) in [4.78, 5) is 16.7. The molecule has 1 amide bonds. The number of carbonyl (C=O) groups excluding carboxylic acids is 1. The van der Waals surface area contributed by atoms with Crippen molar-refractivity contribution in [3.63, 3.8) is 0 Å². The fraction of sp³-hybridized carbons (Fsp3) is 0.235. The topological polar surface area (TPSA) is 93.7 Å². The standard InChI is InChI=1S/C17H20N2O5S/c1-4-24-18-17(20)13-7-10-15(23-3)16(11-13)25(21,22)19-14-8-5-12(2)6-9-14/h5-11,19H,4H2,1-3H3,(H,18,20). The van der Waals surface area contributed by atoms with Crippen LogP contribution in [0.15, 0.2) is 47.4 Å². The van der Waals surface area contributed by atoms with Crippen LogP contribution in [0, 0.1) is 6.92 Å². The van der Waals surface area contributed by atoms with Crippen LogP contribution in [0.25, 0.3) is 0 Å². The lowest BCUT2D eigenvalue weighted by Crippen LogP contribution is -2.24. The normalized spacial score (nSPS) is 11.0. The van der Waals surface area contributed by atoms with Gasteiger partial charge in [-0.15, -0.1) is 0 Å². The van der Waals surface area contributed by atoms with Crippen LogP contribution >= 0.6 is 0 Å². The van der Waals surface area contributed by atoms with Crippen LogP contribution in [-0.2, 0) is 14.9 Å². The lowest BCUT2D eigenvalue weighted by Gasteiger charge is -2.13. The number of carbonyl (C=O) groups is 1. The van der Waals surface area contributed by atoms with E-state index in [0.717, 1.165) is 5.56 Å². The average Bonchev–Trinajstić information content (AvgIpc) is 2.60. The van der Waals surface area contributed by atoms with Crippen LogP contribution in [0.5, 0.6) is 5.75 Å². The highest BCUT2D eigenvalue weighted by atomic mass is 32.2. The molecule has 2 aromatic rings. The lowest BCUT2D eigenvalue weighted by molar-refractivity contribution is 0.0364. The van der Waals surface area contributed by atoms with Gasteiger partial charge in [-0.05, 0) is 44.2 Å². The number of hydrogen-bond acceptors (Lipinski definition) is 5. The molecule has 0 aliphatic rings. The summed E-state index contributed by atoms with van der Waals surface area (Å²) in [5.74, 6) is -0.413. The molecule has 2 N–H and O–H groups in total. The molecule has 0 fully saturated rings. The molecule has 2 aromatic carbocycles. The maximum absolute atomic E-state index is 12.7. The van der Waals surface area contributed by atoms with Crippen LogP contribution in [0.3, 0.4) is 0 Å². The van der Waals surface area contributed by atoms with E-state index in [4.69, 9.17) is 9.57 Å². The van der Waals surface area contributed by atoms with Gasteiger partial charge in [0.05, 0.1) is 13.7 Å². The Balaban J connectivity index is 2.37. The van der Waals surface area contributed by atoms with E-state index in [1.807, 2.05) is 6.92 Å². The number of hydroxylamine groups is 1. The quantitative estimate of drug-likeness (QED) is 0.736. The Kier molecular flexibility index (Phi) is 6.00. The minimum atomic E-state index is -3.94. The summed E-state index contributed by atoms with van der Waals surface area (Å²) in [6, 6.07) is 11.0. The summed E-state index contributed by atoms with van der Waals surface area (Å²) < 4.78 is 33.0. The first-order valence-electron chi connectivity index (χ1n) is 7.57. The summed E-state index contributed by atoms with van der Waals surface area (Å²) in [7, 11) is -2.58. The molecule has 0 bridgehead atoms. The van der Waals surface area contributed by atoms with E-state index >= 15 is 0 Å². The van der Waals surface area contributed by atoms with E-state index in [0.29, 0.717) is 12.3 Å². The fourth-order valence-electron chi connectivity index (χ4n) is 2.06. The van der Waals surface area contributed by atoms with Crippen molar-refractivity contribution in [2.75, 3.05) is 18.4 Å². The zero-order valence-corrected chi connectivity index (χ0v) is 15.0. The first-order chi connectivity index (χ1) is 11.9. The van der Waals surface area contributed by atoms with E-state index in [-0.39, 0.29) is 16.2 Å². The third-order valence-electron chi connectivity index (χ3n) is 3.33. The summed E-state index contributed by atoms with van der Waals surface area (Å²) in [6.07, 6.45) is 0. The van der Waals surface area contributed by atoms with Crippen molar-refractivity contribution >= 4 is 21.6 Å². The number of ether oxygens (including phenoxy) is 1. The largest absolute Gasteiger partial charge is 0.495 e. The molecule has 7 nitrogen and oxygen atoms in total. The molecule has 0 atom stereocenters. The van der Waals surface area contributed by atoms with E-state index in [2.05, 4.69) is 10.2 Å². The van der Waals surface area contributed by atoms with Gasteiger partial charge in [-0.2, -0.15) is 0 Å². The number of benzene rings is 2. The SMILES string of the molecule is CCONC(=O)c1ccc(OC)c(S(=O)(=O)Nc2ccc(C)cc2)c1. The first kappa shape index (κ1) is 18.8. The van der Waals surface area contributed by atoms with Crippen molar-refractivity contribution in [3.05, 3.63) is 53.6 Å². The van der Waals surface area contributed by atoms with Gasteiger partial charge in [0, 0.05) is 11.3 Å². The molecular formula is C17H20N2O5S. The minimum Gasteiger partial charge on any atom is -0.495 e. The maximum Gasteiger partial charge on any atom is 0.274 e. The molecular weight excluding hydrogens is 344 g/mol. The second-order valence-corrected chi connectivity index (χ2v) is 6.85. The Bertz CT molecular complexity index is 848. The number of aryl methyl sites for hydroxylation is 1. The Morgan fingerprint density at radius 3 is 2.40 bits per heavy atom. The highest BCUT2D eigenvalue weighted by Crippen LogP contribution is 2.27. The fourth-order valence-corrected chi connectivity index (χ4v) is 3.31. The summed E-state index contributed by atoms with van der Waals surface area (Å²) >= 11 is 0. The van der Waals surface area contributed by atoms with E-state index in [1.165, 1.54) is 25.3 Å². The smallest absolute Gasteiger partial charge is 0.274 e. The second-order valence-electron chi connectivity index (χ2n) is 5.20. The first-order valence-corrected chi connectivity index (χ1v) is 9.05. The number of methoxy groups -OCH3 is 1. The van der Waals surface area contributed by atoms with Gasteiger partial charge >= 0.3 is 0 Å². The highest BCUT2D eigenvalue weighted by Gasteiger charge is 2.22. The zero-order valence-electron chi connectivity index (χ0n) is 14.2. The Labute approximate surface area is 147 Å². The molecule has 0 spiro atoms. The third-order valence-corrected chi connectivity index (χ3v) is 4.73. The molecule has 0 saturated heterocycles. The monoisotopic (exact) mass is 364 g/mol. The molecule has 134 valence electrons. The van der Waals surface area contributed by atoms with Gasteiger partial charge in [0.2, 0.25) is 0 Å². The van der Waals surface area contributed by atoms with Crippen LogP contribution in [0.4, 0.5) is 5.69 Å². The Hall–Kier alpha value is -2.58. The Morgan fingerprint density at radius 1 is 1.12 bits per heavy atom. The predicted octanol–water partition coefficient (Wildman–Crippen LogP) is 2.49. The van der Waals surface area contributed by atoms with Crippen molar-refractivity contribution in [3.8, 4) is 5.75 Å². The molecule has 8 heteroatoms. The van der Waals surface area contributed by atoms with E-state index in [9.17, 15) is 13.2 Å². The average molecular weight is 364 g/mol. The number of nitrogens with one attached hydrogen (secondary N) is 2. The summed E-state index contributed by atoms with van der Waals surface area (Å²) in [5.41, 5.74) is 3.79. The van der Waals surface area contributed by atoms with Crippen molar-refractivity contribution in [2.45, 2.75) is 18.7 Å². The van der Waals surface area contributed by atoms with Crippen LogP contribution < -0.4 is 14.9 Å². The zero-order chi connectivity index (χ0) is 18.4. The molecule has 0 aromatic heterocycles. The molecule has 0 aliphatic heterocycles. The van der Waals surface area contributed by atoms with Crippen LogP contribution in [0.1, 0.15) is 22.8 Å². The van der Waals surface area contributed by atoms with Gasteiger partial charge in [-0.25, -0.2) is 13.9 Å². The molecule has 0 unspecified atom stereocenters. The van der Waals surface area contributed by atoms with Gasteiger partial charge < -0.3 is 4.74 Å². The van der Waals surface area contributed by atoms with Gasteiger partial charge in [0.1, 0.15) is 10.6 Å². The molecule has 0 aliphatic carbocycles. The number of rotatable bonds is 7. The van der Waals surface area contributed by atoms with Crippen LogP contribution in [0.2, 0.25) is 0 Å². The number of hydrogen-bond donors (Lipinski definition) is 2. The predicted molar refractivity (Wildman–Crippen MR) is 94.1 cm³/mol. The number of amides is 1. The summed E-state index contributed by atoms with van der Waals surface area (Å²) in [5, 5.41) is 0. The van der Waals surface area contributed by atoms with Gasteiger partial charge in [-0.3, -0.25) is 14.4 Å². The molecule has 2 rings (SSSR count). The minimum absolute atomic E-state index is 0.132. The lowest BCUT2D eigenvalue weighted by atomic mass is 10.2. The summed E-state index contributed by atoms with van der Waals surface area (Å²) in [6.45, 7) is 3.92. The number of sulfonamides is 1. The van der Waals surface area contributed by atoms with Gasteiger partial charge in [-0.1, -0.05) is 17.7 Å². The van der Waals surface area contributed by atoms with Gasteiger partial charge in [0.15, 0.2) is 0 Å². The third kappa shape index (κ3) is 4.71. The van der Waals surface area contributed by atoms with Crippen molar-refractivity contribution < 1.29 is 22.8 Å².